The van der Waals surface area contributed by atoms with Gasteiger partial charge >= 0.3 is 5.97 Å². The molecule has 0 aliphatic rings. The molecule has 0 aromatic heterocycles. The van der Waals surface area contributed by atoms with E-state index in [0.717, 1.165) is 5.56 Å². The molecular weight excluding hydrogens is 214 g/mol. The van der Waals surface area contributed by atoms with Crippen LogP contribution in [0.4, 0.5) is 5.69 Å². The molecule has 2 N–H and O–H groups in total. The van der Waals surface area contributed by atoms with E-state index in [1.165, 1.54) is 0 Å². The Morgan fingerprint density at radius 3 is 2.47 bits per heavy atom. The van der Waals surface area contributed by atoms with Gasteiger partial charge in [0.15, 0.2) is 0 Å². The maximum Gasteiger partial charge on any atom is 0.343 e. The number of ether oxygens (including phenoxy) is 1. The van der Waals surface area contributed by atoms with Crippen LogP contribution in [0, 0.1) is 6.92 Å². The zero-order valence-corrected chi connectivity index (χ0v) is 9.51. The Labute approximate surface area is 99.8 Å². The molecule has 2 rings (SSSR count). The van der Waals surface area contributed by atoms with Gasteiger partial charge in [-0.05, 0) is 31.2 Å². The number of hydrogen-bond donors (Lipinski definition) is 1. The van der Waals surface area contributed by atoms with Gasteiger partial charge in [-0.3, -0.25) is 0 Å². The summed E-state index contributed by atoms with van der Waals surface area (Å²) in [5.74, 6) is 0.0752. The predicted octanol–water partition coefficient (Wildman–Crippen LogP) is 2.80. The first kappa shape index (κ1) is 11.2. The van der Waals surface area contributed by atoms with Crippen LogP contribution in [0.5, 0.6) is 5.75 Å². The molecule has 0 radical (unpaired) electrons. The smallest absolute Gasteiger partial charge is 0.343 e. The lowest BCUT2D eigenvalue weighted by Gasteiger charge is -2.05. The highest BCUT2D eigenvalue weighted by Crippen LogP contribution is 2.16. The minimum atomic E-state index is -0.379. The summed E-state index contributed by atoms with van der Waals surface area (Å²) >= 11 is 0. The summed E-state index contributed by atoms with van der Waals surface area (Å²) in [5.41, 5.74) is 7.80. The second-order valence-electron chi connectivity index (χ2n) is 3.83. The number of carbonyl (C=O) groups is 1. The Bertz CT molecular complexity index is 532. The van der Waals surface area contributed by atoms with Gasteiger partial charge in [-0.1, -0.05) is 23.8 Å². The number of aryl methyl sites for hydroxylation is 1. The summed E-state index contributed by atoms with van der Waals surface area (Å²) in [6, 6.07) is 14.0. The number of anilines is 1. The fourth-order valence-electron chi connectivity index (χ4n) is 1.43. The van der Waals surface area contributed by atoms with E-state index in [9.17, 15) is 4.79 Å². The van der Waals surface area contributed by atoms with Crippen molar-refractivity contribution in [3.8, 4) is 5.75 Å². The zero-order chi connectivity index (χ0) is 12.3. The predicted molar refractivity (Wildman–Crippen MR) is 67.0 cm³/mol. The van der Waals surface area contributed by atoms with Gasteiger partial charge < -0.3 is 10.5 Å². The van der Waals surface area contributed by atoms with Crippen LogP contribution in [-0.2, 0) is 0 Å². The van der Waals surface area contributed by atoms with Crippen LogP contribution in [0.2, 0.25) is 0 Å². The third kappa shape index (κ3) is 2.84. The van der Waals surface area contributed by atoms with E-state index in [1.807, 2.05) is 19.1 Å². The summed E-state index contributed by atoms with van der Waals surface area (Å²) in [6.07, 6.45) is 0. The third-order valence-electron chi connectivity index (χ3n) is 2.36. The van der Waals surface area contributed by atoms with Crippen molar-refractivity contribution in [3.05, 3.63) is 59.7 Å². The van der Waals surface area contributed by atoms with Gasteiger partial charge in [0.2, 0.25) is 0 Å². The number of nitrogen functional groups attached to an aromatic ring is 1. The van der Waals surface area contributed by atoms with Crippen molar-refractivity contribution in [2.24, 2.45) is 0 Å². The molecule has 0 saturated carbocycles. The van der Waals surface area contributed by atoms with Gasteiger partial charge in [-0.15, -0.1) is 0 Å². The maximum absolute atomic E-state index is 11.8. The van der Waals surface area contributed by atoms with Gasteiger partial charge in [0, 0.05) is 11.8 Å². The van der Waals surface area contributed by atoms with Gasteiger partial charge in [0.1, 0.15) is 5.75 Å². The first-order valence-corrected chi connectivity index (χ1v) is 5.29. The summed E-state index contributed by atoms with van der Waals surface area (Å²) in [4.78, 5) is 11.8. The Kier molecular flexibility index (Phi) is 3.10. The average molecular weight is 227 g/mol. The Morgan fingerprint density at radius 2 is 1.82 bits per heavy atom. The van der Waals surface area contributed by atoms with Crippen LogP contribution < -0.4 is 10.5 Å². The van der Waals surface area contributed by atoms with Crippen molar-refractivity contribution in [1.82, 2.24) is 0 Å². The maximum atomic E-state index is 11.8. The number of rotatable bonds is 2. The largest absolute Gasteiger partial charge is 0.423 e. The molecular formula is C14H13NO2. The van der Waals surface area contributed by atoms with Crippen molar-refractivity contribution in [2.75, 3.05) is 5.73 Å². The molecule has 3 nitrogen and oxygen atoms in total. The fraction of sp³-hybridized carbons (Fsp3) is 0.0714. The van der Waals surface area contributed by atoms with E-state index in [4.69, 9.17) is 10.5 Å². The Morgan fingerprint density at radius 1 is 1.12 bits per heavy atom. The fourth-order valence-corrected chi connectivity index (χ4v) is 1.43. The van der Waals surface area contributed by atoms with Crippen LogP contribution >= 0.6 is 0 Å². The first-order chi connectivity index (χ1) is 8.15. The van der Waals surface area contributed by atoms with Crippen molar-refractivity contribution >= 4 is 11.7 Å². The average Bonchev–Trinajstić information content (AvgIpc) is 2.29. The van der Waals surface area contributed by atoms with Crippen LogP contribution in [0.1, 0.15) is 15.9 Å². The van der Waals surface area contributed by atoms with Crippen LogP contribution in [0.3, 0.4) is 0 Å². The van der Waals surface area contributed by atoms with Gasteiger partial charge in [0.05, 0.1) is 5.56 Å². The molecule has 0 fully saturated rings. The standard InChI is InChI=1S/C14H13NO2/c1-10-5-7-11(8-6-10)14(16)17-13-4-2-3-12(15)9-13/h2-9H,15H2,1H3. The van der Waals surface area contributed by atoms with Crippen molar-refractivity contribution < 1.29 is 9.53 Å². The molecule has 0 spiro atoms. The number of carbonyl (C=O) groups excluding carboxylic acids is 1. The highest BCUT2D eigenvalue weighted by atomic mass is 16.5. The number of nitrogens with two attached hydrogens (primary N) is 1. The van der Waals surface area contributed by atoms with E-state index in [0.29, 0.717) is 17.0 Å². The highest BCUT2D eigenvalue weighted by molar-refractivity contribution is 5.91. The lowest BCUT2D eigenvalue weighted by atomic mass is 10.1. The summed E-state index contributed by atoms with van der Waals surface area (Å²) in [7, 11) is 0. The molecule has 86 valence electrons. The van der Waals surface area contributed by atoms with Gasteiger partial charge in [-0.25, -0.2) is 4.79 Å². The molecule has 0 aliphatic carbocycles. The molecule has 0 heterocycles. The molecule has 3 heteroatoms. The Hall–Kier alpha value is -2.29. The lowest BCUT2D eigenvalue weighted by molar-refractivity contribution is 0.0735. The van der Waals surface area contributed by atoms with Crippen LogP contribution in [0.25, 0.3) is 0 Å². The quantitative estimate of drug-likeness (QED) is 0.487. The summed E-state index contributed by atoms with van der Waals surface area (Å²) in [6.45, 7) is 1.97. The monoisotopic (exact) mass is 227 g/mol. The third-order valence-corrected chi connectivity index (χ3v) is 2.36. The Balaban J connectivity index is 2.14. The molecule has 0 atom stereocenters. The van der Waals surface area contributed by atoms with Gasteiger partial charge in [0.25, 0.3) is 0 Å². The molecule has 17 heavy (non-hydrogen) atoms. The zero-order valence-electron chi connectivity index (χ0n) is 9.51. The second-order valence-corrected chi connectivity index (χ2v) is 3.83. The van der Waals surface area contributed by atoms with Gasteiger partial charge in [-0.2, -0.15) is 0 Å². The first-order valence-electron chi connectivity index (χ1n) is 5.29. The molecule has 0 bridgehead atoms. The molecule has 2 aromatic carbocycles. The summed E-state index contributed by atoms with van der Waals surface area (Å²) < 4.78 is 5.20. The van der Waals surface area contributed by atoms with Crippen molar-refractivity contribution in [3.63, 3.8) is 0 Å². The van der Waals surface area contributed by atoms with Crippen molar-refractivity contribution in [1.29, 1.82) is 0 Å². The minimum absolute atomic E-state index is 0.379. The number of benzene rings is 2. The van der Waals surface area contributed by atoms with E-state index in [2.05, 4.69) is 0 Å². The van der Waals surface area contributed by atoms with E-state index >= 15 is 0 Å². The normalized spacial score (nSPS) is 9.94. The summed E-state index contributed by atoms with van der Waals surface area (Å²) in [5, 5.41) is 0. The molecule has 0 saturated heterocycles. The topological polar surface area (TPSA) is 52.3 Å². The molecule has 0 amide bonds. The molecule has 2 aromatic rings. The lowest BCUT2D eigenvalue weighted by Crippen LogP contribution is -2.08. The second kappa shape index (κ2) is 4.70. The SMILES string of the molecule is Cc1ccc(C(=O)Oc2cccc(N)c2)cc1. The number of esters is 1. The van der Waals surface area contributed by atoms with E-state index in [-0.39, 0.29) is 5.97 Å². The van der Waals surface area contributed by atoms with Crippen LogP contribution in [-0.4, -0.2) is 5.97 Å². The van der Waals surface area contributed by atoms with Crippen LogP contribution in [0.15, 0.2) is 48.5 Å². The molecule has 0 unspecified atom stereocenters. The highest BCUT2D eigenvalue weighted by Gasteiger charge is 2.07. The molecule has 0 aliphatic heterocycles. The van der Waals surface area contributed by atoms with E-state index < -0.39 is 0 Å². The van der Waals surface area contributed by atoms with E-state index in [1.54, 1.807) is 36.4 Å². The minimum Gasteiger partial charge on any atom is -0.423 e. The van der Waals surface area contributed by atoms with Crippen molar-refractivity contribution in [2.45, 2.75) is 6.92 Å². The number of hydrogen-bond acceptors (Lipinski definition) is 3.